The maximum absolute atomic E-state index is 12.5. The molecule has 0 radical (unpaired) electrons. The average Bonchev–Trinajstić information content (AvgIpc) is 2.56. The van der Waals surface area contributed by atoms with Gasteiger partial charge in [0.1, 0.15) is 0 Å². The minimum Gasteiger partial charge on any atom is -0.341 e. The smallest absolute Gasteiger partial charge is 0.225 e. The van der Waals surface area contributed by atoms with Gasteiger partial charge in [-0.2, -0.15) is 5.26 Å². The summed E-state index contributed by atoms with van der Waals surface area (Å²) in [6.07, 6.45) is 3.43. The summed E-state index contributed by atoms with van der Waals surface area (Å²) in [5.41, 5.74) is 1.17. The van der Waals surface area contributed by atoms with Crippen LogP contribution in [0.25, 0.3) is 0 Å². The van der Waals surface area contributed by atoms with Gasteiger partial charge in [-0.25, -0.2) is 0 Å². The number of unbranched alkanes of at least 4 members (excludes halogenated alkanes) is 1. The summed E-state index contributed by atoms with van der Waals surface area (Å²) in [6, 6.07) is 12.3. The number of rotatable bonds is 6. The first kappa shape index (κ1) is 16.5. The van der Waals surface area contributed by atoms with E-state index in [2.05, 4.69) is 23.1 Å². The maximum Gasteiger partial charge on any atom is 0.225 e. The number of piperidine rings is 1. The van der Waals surface area contributed by atoms with Crippen LogP contribution in [-0.4, -0.2) is 42.4 Å². The maximum atomic E-state index is 12.5. The molecule has 1 fully saturated rings. The molecule has 1 aliphatic rings. The van der Waals surface area contributed by atoms with E-state index in [1.54, 1.807) is 0 Å². The van der Waals surface area contributed by atoms with Crippen molar-refractivity contribution in [3.05, 3.63) is 35.9 Å². The Balaban J connectivity index is 1.76. The number of carbonyl (C=O) groups excluding carboxylic acids is 1. The molecule has 1 heterocycles. The number of nitrogens with zero attached hydrogens (tertiary/aromatic N) is 3. The fourth-order valence-corrected chi connectivity index (χ4v) is 3.03. The molecule has 1 aliphatic heterocycles. The predicted octanol–water partition coefficient (Wildman–Crippen LogP) is 2.66. The number of hydrogen-bond acceptors (Lipinski definition) is 3. The van der Waals surface area contributed by atoms with Crippen LogP contribution in [0.4, 0.5) is 0 Å². The third-order valence-corrected chi connectivity index (χ3v) is 4.34. The molecule has 4 heteroatoms. The zero-order chi connectivity index (χ0) is 15.8. The van der Waals surface area contributed by atoms with Gasteiger partial charge < -0.3 is 9.80 Å². The number of likely N-dealkylation sites (tertiary alicyclic amines) is 1. The van der Waals surface area contributed by atoms with E-state index in [-0.39, 0.29) is 11.8 Å². The first-order valence-electron chi connectivity index (χ1n) is 8.09. The van der Waals surface area contributed by atoms with Gasteiger partial charge in [0.15, 0.2) is 0 Å². The van der Waals surface area contributed by atoms with Gasteiger partial charge in [-0.15, -0.1) is 0 Å². The normalized spacial score (nSPS) is 16.2. The monoisotopic (exact) mass is 299 g/mol. The van der Waals surface area contributed by atoms with Gasteiger partial charge in [0.05, 0.1) is 6.07 Å². The number of hydrogen-bond donors (Lipinski definition) is 0. The molecule has 0 bridgehead atoms. The molecule has 0 spiro atoms. The number of benzene rings is 1. The van der Waals surface area contributed by atoms with Gasteiger partial charge in [0.2, 0.25) is 5.91 Å². The molecule has 1 aromatic rings. The zero-order valence-corrected chi connectivity index (χ0v) is 13.4. The van der Waals surface area contributed by atoms with Crippen LogP contribution in [0.2, 0.25) is 0 Å². The topological polar surface area (TPSA) is 47.3 Å². The van der Waals surface area contributed by atoms with Crippen LogP contribution in [0, 0.1) is 17.2 Å². The molecule has 1 saturated heterocycles. The second kappa shape index (κ2) is 8.55. The first-order valence-corrected chi connectivity index (χ1v) is 8.09. The summed E-state index contributed by atoms with van der Waals surface area (Å²) < 4.78 is 0. The molecule has 118 valence electrons. The van der Waals surface area contributed by atoms with E-state index in [1.165, 1.54) is 5.56 Å². The lowest BCUT2D eigenvalue weighted by Gasteiger charge is -2.33. The van der Waals surface area contributed by atoms with E-state index in [4.69, 9.17) is 5.26 Å². The third kappa shape index (κ3) is 4.85. The molecule has 0 aromatic heterocycles. The second-order valence-electron chi connectivity index (χ2n) is 6.06. The SMILES string of the molecule is CN(Cc1ccccc1)C(=O)C1CCN(CCCC#N)CC1. The van der Waals surface area contributed by atoms with Crippen LogP contribution in [0.1, 0.15) is 31.2 Å². The van der Waals surface area contributed by atoms with Crippen molar-refractivity contribution in [1.29, 1.82) is 5.26 Å². The molecule has 4 nitrogen and oxygen atoms in total. The lowest BCUT2D eigenvalue weighted by molar-refractivity contribution is -0.136. The van der Waals surface area contributed by atoms with Crippen molar-refractivity contribution in [1.82, 2.24) is 9.80 Å². The molecular weight excluding hydrogens is 274 g/mol. The van der Waals surface area contributed by atoms with Crippen LogP contribution in [0.3, 0.4) is 0 Å². The highest BCUT2D eigenvalue weighted by Crippen LogP contribution is 2.20. The standard InChI is InChI=1S/C18H25N3O/c1-20(15-16-7-3-2-4-8-16)18(22)17-9-13-21(14-10-17)12-6-5-11-19/h2-4,7-8,17H,5-6,9-10,12-15H2,1H3. The highest BCUT2D eigenvalue weighted by molar-refractivity contribution is 5.78. The van der Waals surface area contributed by atoms with Gasteiger partial charge in [-0.1, -0.05) is 30.3 Å². The summed E-state index contributed by atoms with van der Waals surface area (Å²) in [7, 11) is 1.90. The lowest BCUT2D eigenvalue weighted by Crippen LogP contribution is -2.41. The van der Waals surface area contributed by atoms with Crippen LogP contribution >= 0.6 is 0 Å². The Hall–Kier alpha value is -1.86. The van der Waals surface area contributed by atoms with E-state index >= 15 is 0 Å². The Morgan fingerprint density at radius 1 is 1.32 bits per heavy atom. The largest absolute Gasteiger partial charge is 0.341 e. The van der Waals surface area contributed by atoms with Gasteiger partial charge in [0, 0.05) is 25.9 Å². The van der Waals surface area contributed by atoms with Gasteiger partial charge in [0.25, 0.3) is 0 Å². The van der Waals surface area contributed by atoms with Crippen molar-refractivity contribution in [2.24, 2.45) is 5.92 Å². The van der Waals surface area contributed by atoms with Crippen molar-refractivity contribution in [3.8, 4) is 6.07 Å². The lowest BCUT2D eigenvalue weighted by atomic mass is 9.95. The van der Waals surface area contributed by atoms with Crippen molar-refractivity contribution in [2.75, 3.05) is 26.7 Å². The molecule has 1 amide bonds. The van der Waals surface area contributed by atoms with Crippen LogP contribution < -0.4 is 0 Å². The molecule has 0 atom stereocenters. The second-order valence-corrected chi connectivity index (χ2v) is 6.06. The van der Waals surface area contributed by atoms with E-state index in [0.717, 1.165) is 38.9 Å². The van der Waals surface area contributed by atoms with Gasteiger partial charge in [-0.05, 0) is 44.5 Å². The zero-order valence-electron chi connectivity index (χ0n) is 13.4. The minimum absolute atomic E-state index is 0.154. The molecule has 2 rings (SSSR count). The Kier molecular flexibility index (Phi) is 6.42. The predicted molar refractivity (Wildman–Crippen MR) is 86.9 cm³/mol. The van der Waals surface area contributed by atoms with Gasteiger partial charge in [-0.3, -0.25) is 4.79 Å². The minimum atomic E-state index is 0.154. The Morgan fingerprint density at radius 2 is 2.00 bits per heavy atom. The van der Waals surface area contributed by atoms with Crippen LogP contribution in [-0.2, 0) is 11.3 Å². The van der Waals surface area contributed by atoms with Crippen molar-refractivity contribution >= 4 is 5.91 Å². The summed E-state index contributed by atoms with van der Waals surface area (Å²) >= 11 is 0. The Labute approximate surface area is 133 Å². The van der Waals surface area contributed by atoms with Crippen LogP contribution in [0.15, 0.2) is 30.3 Å². The quantitative estimate of drug-likeness (QED) is 0.759. The third-order valence-electron chi connectivity index (χ3n) is 4.34. The summed E-state index contributed by atoms with van der Waals surface area (Å²) in [6.45, 7) is 3.61. The summed E-state index contributed by atoms with van der Waals surface area (Å²) in [5, 5.41) is 8.57. The average molecular weight is 299 g/mol. The molecule has 0 aliphatic carbocycles. The van der Waals surface area contributed by atoms with Crippen LogP contribution in [0.5, 0.6) is 0 Å². The Bertz CT molecular complexity index is 501. The number of carbonyl (C=O) groups is 1. The summed E-state index contributed by atoms with van der Waals surface area (Å²) in [4.78, 5) is 16.8. The molecular formula is C18H25N3O. The number of amides is 1. The van der Waals surface area contributed by atoms with E-state index in [9.17, 15) is 4.79 Å². The van der Waals surface area contributed by atoms with Crippen molar-refractivity contribution in [2.45, 2.75) is 32.2 Å². The fourth-order valence-electron chi connectivity index (χ4n) is 3.03. The fraction of sp³-hybridized carbons (Fsp3) is 0.556. The highest BCUT2D eigenvalue weighted by Gasteiger charge is 2.26. The first-order chi connectivity index (χ1) is 10.7. The van der Waals surface area contributed by atoms with E-state index in [1.807, 2.05) is 30.1 Å². The number of nitriles is 1. The Morgan fingerprint density at radius 3 is 2.64 bits per heavy atom. The molecule has 1 aromatic carbocycles. The van der Waals surface area contributed by atoms with E-state index in [0.29, 0.717) is 13.0 Å². The highest BCUT2D eigenvalue weighted by atomic mass is 16.2. The molecule has 22 heavy (non-hydrogen) atoms. The van der Waals surface area contributed by atoms with Crippen molar-refractivity contribution < 1.29 is 4.79 Å². The molecule has 0 unspecified atom stereocenters. The summed E-state index contributed by atoms with van der Waals surface area (Å²) in [5.74, 6) is 0.418. The molecule has 0 N–H and O–H groups in total. The van der Waals surface area contributed by atoms with E-state index < -0.39 is 0 Å². The van der Waals surface area contributed by atoms with Crippen molar-refractivity contribution in [3.63, 3.8) is 0 Å². The molecule has 0 saturated carbocycles. The van der Waals surface area contributed by atoms with Gasteiger partial charge >= 0.3 is 0 Å².